The highest BCUT2D eigenvalue weighted by molar-refractivity contribution is 9.10. The van der Waals surface area contributed by atoms with E-state index in [2.05, 4.69) is 31.2 Å². The van der Waals surface area contributed by atoms with Gasteiger partial charge in [-0.15, -0.1) is 0 Å². The third kappa shape index (κ3) is 4.78. The van der Waals surface area contributed by atoms with Crippen LogP contribution in [0.25, 0.3) is 0 Å². The summed E-state index contributed by atoms with van der Waals surface area (Å²) in [6, 6.07) is 1.58. The van der Waals surface area contributed by atoms with E-state index in [0.717, 1.165) is 6.42 Å². The number of hydrogen-bond donors (Lipinski definition) is 2. The van der Waals surface area contributed by atoms with Crippen LogP contribution in [0.1, 0.15) is 6.42 Å². The monoisotopic (exact) mass is 353 g/mol. The minimum absolute atomic E-state index is 0.154. The minimum Gasteiger partial charge on any atom is -0.383 e. The van der Waals surface area contributed by atoms with E-state index in [1.807, 2.05) is 0 Å². The number of anilines is 2. The first-order valence-electron chi connectivity index (χ1n) is 6.15. The quantitative estimate of drug-likeness (QED) is 0.811. The second kappa shape index (κ2) is 6.13. The predicted octanol–water partition coefficient (Wildman–Crippen LogP) is 2.12. The summed E-state index contributed by atoms with van der Waals surface area (Å²) in [5.41, 5.74) is 5.58. The summed E-state index contributed by atoms with van der Waals surface area (Å²) in [7, 11) is 0. The Kier molecular flexibility index (Phi) is 4.69. The van der Waals surface area contributed by atoms with Crippen LogP contribution in [0.2, 0.25) is 0 Å². The first-order valence-corrected chi connectivity index (χ1v) is 6.94. The van der Waals surface area contributed by atoms with Gasteiger partial charge >= 0.3 is 6.18 Å². The standard InChI is InChI=1S/C11H15BrF3N5/c12-8-3-9(16)19-10(18-8)17-4-7-1-2-20(5-7)6-11(13,14)15/h3,7H,1-2,4-6H2,(H3,16,17,18,19). The van der Waals surface area contributed by atoms with Gasteiger partial charge in [-0.05, 0) is 34.8 Å². The number of aromatic nitrogens is 2. The van der Waals surface area contributed by atoms with Crippen molar-refractivity contribution < 1.29 is 13.2 Å². The van der Waals surface area contributed by atoms with Gasteiger partial charge in [-0.3, -0.25) is 4.90 Å². The largest absolute Gasteiger partial charge is 0.401 e. The Morgan fingerprint density at radius 3 is 2.85 bits per heavy atom. The number of halogens is 4. The van der Waals surface area contributed by atoms with Gasteiger partial charge < -0.3 is 11.1 Å². The smallest absolute Gasteiger partial charge is 0.383 e. The molecule has 3 N–H and O–H groups in total. The Bertz CT molecular complexity index is 448. The number of rotatable bonds is 4. The van der Waals surface area contributed by atoms with Crippen LogP contribution in [0, 0.1) is 5.92 Å². The van der Waals surface area contributed by atoms with Gasteiger partial charge in [0.15, 0.2) is 0 Å². The van der Waals surface area contributed by atoms with Crippen molar-refractivity contribution >= 4 is 27.7 Å². The fourth-order valence-corrected chi connectivity index (χ4v) is 2.63. The second-order valence-corrected chi connectivity index (χ2v) is 5.64. The molecule has 112 valence electrons. The molecule has 1 aliphatic rings. The number of nitrogens with two attached hydrogens (primary N) is 1. The molecule has 1 unspecified atom stereocenters. The zero-order valence-corrected chi connectivity index (χ0v) is 12.2. The van der Waals surface area contributed by atoms with Gasteiger partial charge in [0.05, 0.1) is 6.54 Å². The molecule has 9 heteroatoms. The van der Waals surface area contributed by atoms with E-state index >= 15 is 0 Å². The second-order valence-electron chi connectivity index (χ2n) is 4.83. The lowest BCUT2D eigenvalue weighted by molar-refractivity contribution is -0.143. The lowest BCUT2D eigenvalue weighted by Gasteiger charge is -2.18. The van der Waals surface area contributed by atoms with Crippen molar-refractivity contribution in [2.24, 2.45) is 5.92 Å². The first kappa shape index (κ1) is 15.3. The van der Waals surface area contributed by atoms with Gasteiger partial charge in [0.2, 0.25) is 5.95 Å². The lowest BCUT2D eigenvalue weighted by atomic mass is 10.1. The lowest BCUT2D eigenvalue weighted by Crippen LogP contribution is -2.33. The molecule has 20 heavy (non-hydrogen) atoms. The zero-order chi connectivity index (χ0) is 14.8. The molecule has 0 radical (unpaired) electrons. The van der Waals surface area contributed by atoms with E-state index in [9.17, 15) is 13.2 Å². The summed E-state index contributed by atoms with van der Waals surface area (Å²) in [5.74, 6) is 0.867. The highest BCUT2D eigenvalue weighted by Gasteiger charge is 2.34. The van der Waals surface area contributed by atoms with Crippen molar-refractivity contribution in [2.75, 3.05) is 37.2 Å². The van der Waals surface area contributed by atoms with Gasteiger partial charge in [0.1, 0.15) is 10.4 Å². The minimum atomic E-state index is -4.13. The van der Waals surface area contributed by atoms with Crippen LogP contribution >= 0.6 is 15.9 Å². The molecular formula is C11H15BrF3N5. The number of nitrogen functional groups attached to an aromatic ring is 1. The predicted molar refractivity (Wildman–Crippen MR) is 73.2 cm³/mol. The number of alkyl halides is 3. The van der Waals surface area contributed by atoms with Crippen molar-refractivity contribution in [3.05, 3.63) is 10.7 Å². The molecule has 0 aromatic carbocycles. The van der Waals surface area contributed by atoms with Gasteiger partial charge in [-0.2, -0.15) is 18.2 Å². The molecule has 0 aliphatic carbocycles. The average molecular weight is 354 g/mol. The summed E-state index contributed by atoms with van der Waals surface area (Å²) in [5, 5.41) is 3.01. The van der Waals surface area contributed by atoms with E-state index in [-0.39, 0.29) is 5.92 Å². The molecule has 0 bridgehead atoms. The molecule has 2 heterocycles. The molecular weight excluding hydrogens is 339 g/mol. The Hall–Kier alpha value is -1.09. The maximum Gasteiger partial charge on any atom is 0.401 e. The zero-order valence-electron chi connectivity index (χ0n) is 10.6. The van der Waals surface area contributed by atoms with Crippen LogP contribution < -0.4 is 11.1 Å². The van der Waals surface area contributed by atoms with Crippen LogP contribution in [0.15, 0.2) is 10.7 Å². The molecule has 1 saturated heterocycles. The summed E-state index contributed by atoms with van der Waals surface area (Å²) in [4.78, 5) is 9.52. The van der Waals surface area contributed by atoms with Crippen molar-refractivity contribution in [2.45, 2.75) is 12.6 Å². The van der Waals surface area contributed by atoms with Gasteiger partial charge in [-0.25, -0.2) is 4.98 Å². The number of nitrogens with one attached hydrogen (secondary N) is 1. The average Bonchev–Trinajstić information content (AvgIpc) is 2.70. The van der Waals surface area contributed by atoms with Crippen LogP contribution in [-0.4, -0.2) is 47.2 Å². The Morgan fingerprint density at radius 2 is 2.20 bits per heavy atom. The molecule has 0 amide bonds. The number of likely N-dealkylation sites (tertiary alicyclic amines) is 1. The number of hydrogen-bond acceptors (Lipinski definition) is 5. The van der Waals surface area contributed by atoms with Crippen LogP contribution in [0.5, 0.6) is 0 Å². The SMILES string of the molecule is Nc1cc(Br)nc(NCC2CCN(CC(F)(F)F)C2)n1. The highest BCUT2D eigenvalue weighted by atomic mass is 79.9. The van der Waals surface area contributed by atoms with E-state index < -0.39 is 12.7 Å². The molecule has 1 atom stereocenters. The fourth-order valence-electron chi connectivity index (χ4n) is 2.23. The Balaban J connectivity index is 1.81. The molecule has 1 aromatic heterocycles. The van der Waals surface area contributed by atoms with E-state index in [0.29, 0.717) is 36.0 Å². The molecule has 2 rings (SSSR count). The van der Waals surface area contributed by atoms with E-state index in [1.54, 1.807) is 6.07 Å². The summed E-state index contributed by atoms with van der Waals surface area (Å²) in [6.45, 7) is 0.581. The maximum absolute atomic E-state index is 12.3. The topological polar surface area (TPSA) is 67.1 Å². The highest BCUT2D eigenvalue weighted by Crippen LogP contribution is 2.23. The van der Waals surface area contributed by atoms with Crippen LogP contribution in [0.3, 0.4) is 0 Å². The first-order chi connectivity index (χ1) is 9.32. The number of nitrogens with zero attached hydrogens (tertiary/aromatic N) is 3. The third-order valence-electron chi connectivity index (χ3n) is 3.04. The molecule has 5 nitrogen and oxygen atoms in total. The van der Waals surface area contributed by atoms with Gasteiger partial charge in [0, 0.05) is 19.2 Å². The molecule has 0 spiro atoms. The summed E-state index contributed by atoms with van der Waals surface area (Å²) >= 11 is 3.20. The molecule has 0 saturated carbocycles. The van der Waals surface area contributed by atoms with Gasteiger partial charge in [-0.1, -0.05) is 0 Å². The fraction of sp³-hybridized carbons (Fsp3) is 0.636. The van der Waals surface area contributed by atoms with Crippen molar-refractivity contribution in [1.29, 1.82) is 0 Å². The van der Waals surface area contributed by atoms with Crippen molar-refractivity contribution in [3.8, 4) is 0 Å². The Labute approximate surface area is 122 Å². The van der Waals surface area contributed by atoms with E-state index in [1.165, 1.54) is 4.90 Å². The van der Waals surface area contributed by atoms with Crippen molar-refractivity contribution in [1.82, 2.24) is 14.9 Å². The molecule has 1 aromatic rings. The molecule has 1 fully saturated rings. The molecule has 1 aliphatic heterocycles. The summed E-state index contributed by atoms with van der Waals surface area (Å²) < 4.78 is 37.4. The third-order valence-corrected chi connectivity index (χ3v) is 3.44. The maximum atomic E-state index is 12.3. The van der Waals surface area contributed by atoms with Crippen LogP contribution in [-0.2, 0) is 0 Å². The van der Waals surface area contributed by atoms with Crippen molar-refractivity contribution in [3.63, 3.8) is 0 Å². The van der Waals surface area contributed by atoms with Gasteiger partial charge in [0.25, 0.3) is 0 Å². The van der Waals surface area contributed by atoms with E-state index in [4.69, 9.17) is 5.73 Å². The normalized spacial score (nSPS) is 20.3. The Morgan fingerprint density at radius 1 is 1.45 bits per heavy atom. The summed E-state index contributed by atoms with van der Waals surface area (Å²) in [6.07, 6.45) is -3.41. The van der Waals surface area contributed by atoms with Crippen LogP contribution in [0.4, 0.5) is 24.9 Å².